The number of nitrogens with zero attached hydrogens (tertiary/aromatic N) is 3. The van der Waals surface area contributed by atoms with E-state index in [9.17, 15) is 4.39 Å². The number of hydrogen-bond donors (Lipinski definition) is 1. The lowest BCUT2D eigenvalue weighted by molar-refractivity contribution is 0.280. The van der Waals surface area contributed by atoms with Crippen LogP contribution in [0.5, 0.6) is 0 Å². The molecule has 1 aliphatic rings. The highest BCUT2D eigenvalue weighted by molar-refractivity contribution is 7.80. The summed E-state index contributed by atoms with van der Waals surface area (Å²) < 4.78 is 21.3. The Morgan fingerprint density at radius 3 is 2.77 bits per heavy atom. The third-order valence-electron chi connectivity index (χ3n) is 5.37. The summed E-state index contributed by atoms with van der Waals surface area (Å²) in [6, 6.07) is 17.9. The van der Waals surface area contributed by atoms with Gasteiger partial charge in [0.05, 0.1) is 35.6 Å². The second kappa shape index (κ2) is 8.17. The van der Waals surface area contributed by atoms with E-state index in [1.807, 2.05) is 53.2 Å². The Morgan fingerprint density at radius 2 is 2.03 bits per heavy atom. The van der Waals surface area contributed by atoms with Gasteiger partial charge in [-0.05, 0) is 66.8 Å². The Kier molecular flexibility index (Phi) is 5.21. The molecule has 1 aromatic carbocycles. The van der Waals surface area contributed by atoms with Crippen LogP contribution in [-0.2, 0) is 6.54 Å². The molecule has 31 heavy (non-hydrogen) atoms. The largest absolute Gasteiger partial charge is 0.467 e. The van der Waals surface area contributed by atoms with Crippen LogP contribution in [0.3, 0.4) is 0 Å². The quantitative estimate of drug-likeness (QED) is 0.409. The van der Waals surface area contributed by atoms with E-state index in [1.54, 1.807) is 24.6 Å². The van der Waals surface area contributed by atoms with Crippen molar-refractivity contribution in [1.82, 2.24) is 19.8 Å². The van der Waals surface area contributed by atoms with Crippen LogP contribution in [0.4, 0.5) is 4.39 Å². The first-order chi connectivity index (χ1) is 15.1. The van der Waals surface area contributed by atoms with Crippen LogP contribution >= 0.6 is 23.8 Å². The van der Waals surface area contributed by atoms with Gasteiger partial charge in [-0.3, -0.25) is 4.98 Å². The molecular formula is C23H18ClFN4OS. The van der Waals surface area contributed by atoms with Crippen LogP contribution in [0.25, 0.3) is 5.69 Å². The predicted molar refractivity (Wildman–Crippen MR) is 120 cm³/mol. The van der Waals surface area contributed by atoms with Gasteiger partial charge in [-0.25, -0.2) is 4.39 Å². The van der Waals surface area contributed by atoms with Gasteiger partial charge in [-0.1, -0.05) is 17.7 Å². The van der Waals surface area contributed by atoms with E-state index in [0.29, 0.717) is 11.7 Å². The van der Waals surface area contributed by atoms with E-state index in [2.05, 4.69) is 15.2 Å². The van der Waals surface area contributed by atoms with Crippen molar-refractivity contribution in [1.29, 1.82) is 0 Å². The van der Waals surface area contributed by atoms with Crippen molar-refractivity contribution >= 4 is 28.9 Å². The van der Waals surface area contributed by atoms with E-state index in [0.717, 1.165) is 22.8 Å². The van der Waals surface area contributed by atoms with Crippen molar-refractivity contribution in [3.63, 3.8) is 0 Å². The van der Waals surface area contributed by atoms with E-state index < -0.39 is 5.82 Å². The standard InChI is InChI=1S/C23H18ClFN4OS/c24-17-13-15(8-9-18(17)25)28-11-3-7-20(28)22-21(19-6-1-2-10-26-19)27-23(31)29(22)14-16-5-4-12-30-16/h1-13,21-22H,14H2,(H,27,31). The first kappa shape index (κ1) is 19.8. The van der Waals surface area contributed by atoms with Gasteiger partial charge in [-0.15, -0.1) is 0 Å². The molecule has 1 saturated heterocycles. The molecule has 5 rings (SSSR count). The summed E-state index contributed by atoms with van der Waals surface area (Å²) in [4.78, 5) is 6.65. The molecule has 0 bridgehead atoms. The molecule has 4 heterocycles. The molecule has 0 aliphatic carbocycles. The van der Waals surface area contributed by atoms with Gasteiger partial charge in [0.1, 0.15) is 11.6 Å². The smallest absolute Gasteiger partial charge is 0.170 e. The second-order valence-corrected chi connectivity index (χ2v) is 8.03. The van der Waals surface area contributed by atoms with Crippen LogP contribution in [-0.4, -0.2) is 19.6 Å². The highest BCUT2D eigenvalue weighted by Crippen LogP contribution is 2.40. The average Bonchev–Trinajstić information content (AvgIpc) is 3.52. The van der Waals surface area contributed by atoms with Crippen molar-refractivity contribution in [2.75, 3.05) is 0 Å². The maximum atomic E-state index is 13.8. The molecule has 156 valence electrons. The van der Waals surface area contributed by atoms with Gasteiger partial charge < -0.3 is 19.2 Å². The van der Waals surface area contributed by atoms with Gasteiger partial charge >= 0.3 is 0 Å². The third-order valence-corrected chi connectivity index (χ3v) is 6.01. The minimum Gasteiger partial charge on any atom is -0.467 e. The average molecular weight is 453 g/mol. The molecule has 2 atom stereocenters. The summed E-state index contributed by atoms with van der Waals surface area (Å²) in [5, 5.41) is 4.11. The summed E-state index contributed by atoms with van der Waals surface area (Å²) in [6.45, 7) is 0.502. The Morgan fingerprint density at radius 1 is 1.13 bits per heavy atom. The van der Waals surface area contributed by atoms with E-state index in [4.69, 9.17) is 28.2 Å². The van der Waals surface area contributed by atoms with Gasteiger partial charge in [0.25, 0.3) is 0 Å². The lowest BCUT2D eigenvalue weighted by atomic mass is 10.0. The highest BCUT2D eigenvalue weighted by atomic mass is 35.5. The van der Waals surface area contributed by atoms with E-state index >= 15 is 0 Å². The topological polar surface area (TPSA) is 46.2 Å². The van der Waals surface area contributed by atoms with Crippen molar-refractivity contribution < 1.29 is 8.81 Å². The summed E-state index contributed by atoms with van der Waals surface area (Å²) in [5.41, 5.74) is 2.61. The summed E-state index contributed by atoms with van der Waals surface area (Å²) in [5.74, 6) is 0.354. The number of hydrogen-bond acceptors (Lipinski definition) is 3. The highest BCUT2D eigenvalue weighted by Gasteiger charge is 2.41. The lowest BCUT2D eigenvalue weighted by Gasteiger charge is -2.28. The van der Waals surface area contributed by atoms with Crippen molar-refractivity contribution in [3.05, 3.63) is 107 Å². The Balaban J connectivity index is 1.61. The molecule has 8 heteroatoms. The molecule has 1 N–H and O–H groups in total. The fraction of sp³-hybridized carbons (Fsp3) is 0.130. The van der Waals surface area contributed by atoms with Crippen molar-refractivity contribution in [3.8, 4) is 5.69 Å². The van der Waals surface area contributed by atoms with Crippen LogP contribution < -0.4 is 5.32 Å². The number of halogens is 2. The van der Waals surface area contributed by atoms with Crippen LogP contribution in [0.15, 0.2) is 83.7 Å². The van der Waals surface area contributed by atoms with E-state index in [1.165, 1.54) is 6.07 Å². The number of aromatic nitrogens is 2. The molecule has 1 fully saturated rings. The van der Waals surface area contributed by atoms with Gasteiger partial charge in [0.2, 0.25) is 0 Å². The Bertz CT molecular complexity index is 1210. The van der Waals surface area contributed by atoms with Crippen LogP contribution in [0.2, 0.25) is 5.02 Å². The molecule has 3 aromatic heterocycles. The van der Waals surface area contributed by atoms with Crippen LogP contribution in [0, 0.1) is 5.82 Å². The van der Waals surface area contributed by atoms with Crippen molar-refractivity contribution in [2.24, 2.45) is 0 Å². The molecule has 1 aliphatic heterocycles. The van der Waals surface area contributed by atoms with Crippen molar-refractivity contribution in [2.45, 2.75) is 18.6 Å². The number of benzene rings is 1. The third kappa shape index (κ3) is 3.71. The fourth-order valence-corrected chi connectivity index (χ4v) is 4.45. The normalized spacial score (nSPS) is 18.4. The van der Waals surface area contributed by atoms with Gasteiger partial charge in [-0.2, -0.15) is 0 Å². The zero-order chi connectivity index (χ0) is 21.4. The monoisotopic (exact) mass is 452 g/mol. The maximum absolute atomic E-state index is 13.8. The minimum atomic E-state index is -0.450. The number of rotatable bonds is 5. The molecule has 5 nitrogen and oxygen atoms in total. The van der Waals surface area contributed by atoms with Gasteiger partial charge in [0.15, 0.2) is 5.11 Å². The molecule has 4 aromatic rings. The first-order valence-electron chi connectivity index (χ1n) is 9.75. The minimum absolute atomic E-state index is 0.0749. The molecule has 0 saturated carbocycles. The molecule has 0 amide bonds. The van der Waals surface area contributed by atoms with E-state index in [-0.39, 0.29) is 17.1 Å². The number of nitrogens with one attached hydrogen (secondary N) is 1. The lowest BCUT2D eigenvalue weighted by Crippen LogP contribution is -2.29. The zero-order valence-electron chi connectivity index (χ0n) is 16.3. The maximum Gasteiger partial charge on any atom is 0.170 e. The Hall–Kier alpha value is -3.16. The summed E-state index contributed by atoms with van der Waals surface area (Å²) in [6.07, 6.45) is 5.35. The zero-order valence-corrected chi connectivity index (χ0v) is 17.9. The predicted octanol–water partition coefficient (Wildman–Crippen LogP) is 5.43. The fourth-order valence-electron chi connectivity index (χ4n) is 3.97. The second-order valence-electron chi connectivity index (χ2n) is 7.24. The Labute approximate surface area is 189 Å². The number of furan rings is 1. The number of thiocarbonyl (C=S) groups is 1. The SMILES string of the molecule is Fc1ccc(-n2cccc2C2C(c3ccccn3)NC(=S)N2Cc2ccco2)cc1Cl. The number of pyridine rings is 1. The van der Waals surface area contributed by atoms with Gasteiger partial charge in [0, 0.05) is 23.8 Å². The summed E-state index contributed by atoms with van der Waals surface area (Å²) in [7, 11) is 0. The molecule has 0 spiro atoms. The molecular weight excluding hydrogens is 435 g/mol. The summed E-state index contributed by atoms with van der Waals surface area (Å²) >= 11 is 11.8. The first-order valence-corrected chi connectivity index (χ1v) is 10.5. The molecule has 2 unspecified atom stereocenters. The molecule has 0 radical (unpaired) electrons. The van der Waals surface area contributed by atoms with Crippen LogP contribution in [0.1, 0.15) is 29.2 Å².